The van der Waals surface area contributed by atoms with Gasteiger partial charge in [-0.15, -0.1) is 0 Å². The summed E-state index contributed by atoms with van der Waals surface area (Å²) < 4.78 is 15.1. The Hall–Kier alpha value is -2.70. The molecule has 1 fully saturated rings. The number of aromatic carboxylic acids is 1. The van der Waals surface area contributed by atoms with Crippen molar-refractivity contribution in [2.75, 3.05) is 13.1 Å². The lowest BCUT2D eigenvalue weighted by molar-refractivity contribution is -0.136. The fourth-order valence-electron chi connectivity index (χ4n) is 3.75. The van der Waals surface area contributed by atoms with Crippen molar-refractivity contribution < 1.29 is 19.1 Å². The molecule has 0 bridgehead atoms. The van der Waals surface area contributed by atoms with Gasteiger partial charge in [-0.2, -0.15) is 5.10 Å². The number of carboxylic acids is 1. The first-order valence-corrected chi connectivity index (χ1v) is 9.17. The Morgan fingerprint density at radius 3 is 2.63 bits per heavy atom. The fourth-order valence-corrected chi connectivity index (χ4v) is 3.75. The van der Waals surface area contributed by atoms with E-state index in [1.54, 1.807) is 17.7 Å². The molecule has 2 heterocycles. The summed E-state index contributed by atoms with van der Waals surface area (Å²) in [6, 6.07) is 6.45. The van der Waals surface area contributed by atoms with Crippen LogP contribution in [0, 0.1) is 18.7 Å². The van der Waals surface area contributed by atoms with E-state index in [0.717, 1.165) is 18.4 Å². The zero-order valence-electron chi connectivity index (χ0n) is 15.6. The predicted molar refractivity (Wildman–Crippen MR) is 98.0 cm³/mol. The molecular weight excluding hydrogens is 349 g/mol. The molecule has 2 aromatic rings. The van der Waals surface area contributed by atoms with Crippen LogP contribution in [-0.4, -0.2) is 44.8 Å². The number of aromatic nitrogens is 2. The van der Waals surface area contributed by atoms with Gasteiger partial charge in [0.1, 0.15) is 11.4 Å². The van der Waals surface area contributed by atoms with Crippen molar-refractivity contribution in [1.29, 1.82) is 0 Å². The zero-order chi connectivity index (χ0) is 19.6. The van der Waals surface area contributed by atoms with Crippen LogP contribution in [0.5, 0.6) is 0 Å². The van der Waals surface area contributed by atoms with Gasteiger partial charge in [0.15, 0.2) is 0 Å². The quantitative estimate of drug-likeness (QED) is 0.874. The first kappa shape index (κ1) is 19.1. The average molecular weight is 373 g/mol. The smallest absolute Gasteiger partial charge is 0.339 e. The second kappa shape index (κ2) is 7.90. The molecule has 1 amide bonds. The van der Waals surface area contributed by atoms with Gasteiger partial charge in [-0.05, 0) is 43.9 Å². The predicted octanol–water partition coefficient (Wildman–Crippen LogP) is 3.07. The highest BCUT2D eigenvalue weighted by Crippen LogP contribution is 2.26. The summed E-state index contributed by atoms with van der Waals surface area (Å²) in [4.78, 5) is 25.7. The lowest BCUT2D eigenvalue weighted by Gasteiger charge is -2.34. The van der Waals surface area contributed by atoms with Gasteiger partial charge in [-0.3, -0.25) is 9.48 Å². The molecule has 1 unspecified atom stereocenters. The molecule has 0 saturated carbocycles. The normalized spacial score (nSPS) is 16.3. The van der Waals surface area contributed by atoms with Gasteiger partial charge in [-0.1, -0.05) is 19.1 Å². The summed E-state index contributed by atoms with van der Waals surface area (Å²) in [5, 5.41) is 13.4. The van der Waals surface area contributed by atoms with Gasteiger partial charge >= 0.3 is 5.97 Å². The molecule has 1 aromatic carbocycles. The number of likely N-dealkylation sites (tertiary alicyclic amines) is 1. The van der Waals surface area contributed by atoms with Crippen molar-refractivity contribution in [3.8, 4) is 0 Å². The summed E-state index contributed by atoms with van der Waals surface area (Å²) in [6.45, 7) is 4.85. The maximum absolute atomic E-state index is 13.3. The van der Waals surface area contributed by atoms with Crippen LogP contribution in [0.3, 0.4) is 0 Å². The van der Waals surface area contributed by atoms with E-state index in [1.807, 2.05) is 17.9 Å². The minimum Gasteiger partial charge on any atom is -0.478 e. The maximum atomic E-state index is 13.3. The third-order valence-electron chi connectivity index (χ3n) is 5.25. The van der Waals surface area contributed by atoms with E-state index in [2.05, 4.69) is 5.10 Å². The number of amides is 1. The summed E-state index contributed by atoms with van der Waals surface area (Å²) in [6.07, 6.45) is 3.37. The molecule has 6 nitrogen and oxygen atoms in total. The molecule has 0 radical (unpaired) electrons. The number of carbonyl (C=O) groups excluding carboxylic acids is 1. The van der Waals surface area contributed by atoms with Gasteiger partial charge in [0.2, 0.25) is 5.91 Å². The number of halogens is 1. The molecular formula is C20H24FN3O3. The fraction of sp³-hybridized carbons (Fsp3) is 0.450. The number of benzene rings is 1. The molecule has 1 N–H and O–H groups in total. The Labute approximate surface area is 157 Å². The highest BCUT2D eigenvalue weighted by molar-refractivity contribution is 5.88. The van der Waals surface area contributed by atoms with Crippen molar-refractivity contribution >= 4 is 11.9 Å². The van der Waals surface area contributed by atoms with Crippen LogP contribution in [0.4, 0.5) is 4.39 Å². The first-order chi connectivity index (χ1) is 12.9. The van der Waals surface area contributed by atoms with Crippen molar-refractivity contribution in [2.45, 2.75) is 39.2 Å². The minimum atomic E-state index is -0.975. The molecule has 7 heteroatoms. The average Bonchev–Trinajstić information content (AvgIpc) is 3.03. The molecule has 0 aliphatic carbocycles. The first-order valence-electron chi connectivity index (χ1n) is 9.17. The Balaban J connectivity index is 1.58. The standard InChI is InChI=1S/C20H24FN3O3/c1-13(10-15-4-3-5-16(21)11-15)19(25)23-8-6-17(7-9-23)24-14(2)18(12-22-24)20(26)27/h3-5,11-13,17H,6-10H2,1-2H3,(H,26,27). The largest absolute Gasteiger partial charge is 0.478 e. The molecule has 0 spiro atoms. The second-order valence-electron chi connectivity index (χ2n) is 7.18. The number of rotatable bonds is 5. The third kappa shape index (κ3) is 4.18. The summed E-state index contributed by atoms with van der Waals surface area (Å²) in [5.74, 6) is -1.41. The van der Waals surface area contributed by atoms with Crippen LogP contribution >= 0.6 is 0 Å². The van der Waals surface area contributed by atoms with E-state index in [0.29, 0.717) is 25.2 Å². The Morgan fingerprint density at radius 2 is 2.04 bits per heavy atom. The lowest BCUT2D eigenvalue weighted by atomic mass is 9.97. The molecule has 1 saturated heterocycles. The number of carboxylic acid groups (broad SMARTS) is 1. The molecule has 1 atom stereocenters. The SMILES string of the molecule is Cc1c(C(=O)O)cnn1C1CCN(C(=O)C(C)Cc2cccc(F)c2)CC1. The summed E-state index contributed by atoms with van der Waals surface area (Å²) >= 11 is 0. The van der Waals surface area contributed by atoms with E-state index >= 15 is 0 Å². The number of hydrogen-bond donors (Lipinski definition) is 1. The number of piperidine rings is 1. The van der Waals surface area contributed by atoms with Gasteiger partial charge < -0.3 is 10.0 Å². The van der Waals surface area contributed by atoms with Crippen LogP contribution in [-0.2, 0) is 11.2 Å². The van der Waals surface area contributed by atoms with E-state index in [-0.39, 0.29) is 29.2 Å². The highest BCUT2D eigenvalue weighted by Gasteiger charge is 2.28. The topological polar surface area (TPSA) is 75.4 Å². The lowest BCUT2D eigenvalue weighted by Crippen LogP contribution is -2.42. The molecule has 144 valence electrons. The number of nitrogens with zero attached hydrogens (tertiary/aromatic N) is 3. The van der Waals surface area contributed by atoms with E-state index < -0.39 is 5.97 Å². The van der Waals surface area contributed by atoms with Crippen LogP contribution in [0.25, 0.3) is 0 Å². The molecule has 1 aliphatic rings. The third-order valence-corrected chi connectivity index (χ3v) is 5.25. The van der Waals surface area contributed by atoms with Gasteiger partial charge in [-0.25, -0.2) is 9.18 Å². The number of hydrogen-bond acceptors (Lipinski definition) is 3. The minimum absolute atomic E-state index is 0.0705. The van der Waals surface area contributed by atoms with Gasteiger partial charge in [0.25, 0.3) is 0 Å². The highest BCUT2D eigenvalue weighted by atomic mass is 19.1. The number of carbonyl (C=O) groups is 2. The van der Waals surface area contributed by atoms with Crippen LogP contribution in [0.2, 0.25) is 0 Å². The summed E-state index contributed by atoms with van der Waals surface area (Å²) in [5.41, 5.74) is 1.68. The Kier molecular flexibility index (Phi) is 5.58. The second-order valence-corrected chi connectivity index (χ2v) is 7.18. The van der Waals surface area contributed by atoms with E-state index in [4.69, 9.17) is 5.11 Å². The molecule has 1 aliphatic heterocycles. The van der Waals surface area contributed by atoms with Crippen molar-refractivity contribution in [3.63, 3.8) is 0 Å². The van der Waals surface area contributed by atoms with Gasteiger partial charge in [0, 0.05) is 19.0 Å². The van der Waals surface area contributed by atoms with Crippen LogP contribution < -0.4 is 0 Å². The monoisotopic (exact) mass is 373 g/mol. The van der Waals surface area contributed by atoms with E-state index in [1.165, 1.54) is 18.3 Å². The van der Waals surface area contributed by atoms with Crippen LogP contribution in [0.15, 0.2) is 30.5 Å². The van der Waals surface area contributed by atoms with E-state index in [9.17, 15) is 14.0 Å². The zero-order valence-corrected chi connectivity index (χ0v) is 15.6. The van der Waals surface area contributed by atoms with Crippen LogP contribution in [0.1, 0.15) is 47.4 Å². The van der Waals surface area contributed by atoms with Crippen molar-refractivity contribution in [2.24, 2.45) is 5.92 Å². The molecule has 1 aromatic heterocycles. The van der Waals surface area contributed by atoms with Crippen molar-refractivity contribution in [3.05, 3.63) is 53.1 Å². The summed E-state index contributed by atoms with van der Waals surface area (Å²) in [7, 11) is 0. The van der Waals surface area contributed by atoms with Gasteiger partial charge in [0.05, 0.1) is 17.9 Å². The maximum Gasteiger partial charge on any atom is 0.339 e. The Bertz CT molecular complexity index is 841. The Morgan fingerprint density at radius 1 is 1.33 bits per heavy atom. The molecule has 3 rings (SSSR count). The van der Waals surface area contributed by atoms with Crippen molar-refractivity contribution in [1.82, 2.24) is 14.7 Å². The molecule has 27 heavy (non-hydrogen) atoms.